The molecule has 0 radical (unpaired) electrons. The Labute approximate surface area is 149 Å². The zero-order valence-electron chi connectivity index (χ0n) is 11.1. The average molecular weight is 606 g/mol. The van der Waals surface area contributed by atoms with Crippen molar-refractivity contribution in [3.05, 3.63) is 11.3 Å². The van der Waals surface area contributed by atoms with E-state index in [9.17, 15) is 0 Å². The molecule has 17 heavy (non-hydrogen) atoms. The molecule has 0 rings (SSSR count). The summed E-state index contributed by atoms with van der Waals surface area (Å²) in [5.74, 6) is 0. The van der Waals surface area contributed by atoms with Crippen LogP contribution in [-0.4, -0.2) is 10.1 Å². The Hall–Kier alpha value is 2.36. The van der Waals surface area contributed by atoms with Crippen LogP contribution in [0.5, 0.6) is 0 Å². The van der Waals surface area contributed by atoms with Crippen molar-refractivity contribution in [1.82, 2.24) is 0 Å². The summed E-state index contributed by atoms with van der Waals surface area (Å²) in [5.41, 5.74) is 0. The molecule has 0 unspecified atom stereocenters. The number of hydrogen-bond acceptors (Lipinski definition) is 0. The number of rotatable bonds is 10. The monoisotopic (exact) mass is 606 g/mol. The van der Waals surface area contributed by atoms with Crippen molar-refractivity contribution in [2.24, 2.45) is 0 Å². The zero-order valence-corrected chi connectivity index (χ0v) is 20.0. The highest BCUT2D eigenvalue weighted by molar-refractivity contribution is 14.4. The average Bonchev–Trinajstić information content (AvgIpc) is 2.25. The van der Waals surface area contributed by atoms with Crippen LogP contribution in [0.4, 0.5) is 0 Å². The van der Waals surface area contributed by atoms with Gasteiger partial charge in [0, 0.05) is 9.52 Å². The van der Waals surface area contributed by atoms with Crippen molar-refractivity contribution in [3.63, 3.8) is 0 Å². The summed E-state index contributed by atoms with van der Waals surface area (Å²) in [6.45, 7) is 4.49. The van der Waals surface area contributed by atoms with Gasteiger partial charge < -0.3 is 0 Å². The number of hydrogen-bond donors (Lipinski definition) is 0. The van der Waals surface area contributed by atoms with E-state index in [4.69, 9.17) is 0 Å². The first-order valence-electron chi connectivity index (χ1n) is 6.64. The van der Waals surface area contributed by atoms with Crippen LogP contribution in [0.3, 0.4) is 0 Å². The van der Waals surface area contributed by atoms with Crippen molar-refractivity contribution < 1.29 is 0 Å². The van der Waals surface area contributed by atoms with Crippen LogP contribution >= 0.6 is 65.4 Å². The minimum absolute atomic E-state index is 0.137. The Balaban J connectivity index is 3.14. The minimum Gasteiger partial charge on any atom is -0.0951 e. The van der Waals surface area contributed by atoms with Gasteiger partial charge in [0.2, 0.25) is 0 Å². The molecule has 0 saturated carbocycles. The van der Waals surface area contributed by atoms with Crippen LogP contribution in [0.2, 0.25) is 12.1 Å². The van der Waals surface area contributed by atoms with E-state index in [2.05, 4.69) is 85.3 Å². The second-order valence-electron chi connectivity index (χ2n) is 4.73. The Bertz CT molecular complexity index is 212. The molecule has 0 fully saturated rings. The number of unbranched alkanes of at least 4 members (excludes halogenated alkanes) is 5. The molecule has 0 aliphatic rings. The van der Waals surface area contributed by atoms with E-state index < -0.39 is 0.564 Å². The Morgan fingerprint density at radius 3 is 2.06 bits per heavy atom. The summed E-state index contributed by atoms with van der Waals surface area (Å²) < 4.78 is -0.846. The van der Waals surface area contributed by atoms with Crippen molar-refractivity contribution in [3.8, 4) is 0 Å². The predicted octanol–water partition coefficient (Wildman–Crippen LogP) is 6.08. The third-order valence-electron chi connectivity index (χ3n) is 3.02. The van der Waals surface area contributed by atoms with Crippen LogP contribution in [0.1, 0.15) is 52.4 Å². The lowest BCUT2D eigenvalue weighted by atomic mass is 10.1. The van der Waals surface area contributed by atoms with Gasteiger partial charge in [0.15, 0.2) is 0 Å². The molecule has 0 saturated heterocycles. The Morgan fingerprint density at radius 1 is 1.00 bits per heavy atom. The maximum atomic E-state index is 2.68. The van der Waals surface area contributed by atoms with E-state index in [0.29, 0.717) is 0 Å². The summed E-state index contributed by atoms with van der Waals surface area (Å²) in [4.78, 5) is 0. The molecule has 0 aromatic rings. The molecule has 0 bridgehead atoms. The van der Waals surface area contributed by atoms with Gasteiger partial charge in [0.05, 0.1) is 0 Å². The first-order valence-corrected chi connectivity index (χ1v) is 19.9. The van der Waals surface area contributed by atoms with E-state index >= 15 is 0 Å². The van der Waals surface area contributed by atoms with Gasteiger partial charge in [-0.3, -0.25) is 0 Å². The smallest absolute Gasteiger partial charge is 0.0951 e. The van der Waals surface area contributed by atoms with Gasteiger partial charge in [0.1, 0.15) is 0 Å². The maximum Gasteiger partial charge on any atom is 0.253 e. The molecule has 0 aromatic heterocycles. The first kappa shape index (κ1) is 19.4. The third-order valence-corrected chi connectivity index (χ3v) is 10.8. The quantitative estimate of drug-likeness (QED) is 0.123. The fraction of sp³-hybridized carbons (Fsp3) is 0.833. The van der Waals surface area contributed by atoms with Crippen molar-refractivity contribution in [2.75, 3.05) is 0 Å². The number of allylic oxidation sites excluding steroid dienone is 2. The van der Waals surface area contributed by atoms with Gasteiger partial charge in [-0.1, -0.05) is 121 Å². The van der Waals surface area contributed by atoms with Gasteiger partial charge in [-0.05, 0) is 19.9 Å². The van der Waals surface area contributed by atoms with Gasteiger partial charge in [-0.2, -0.15) is 0 Å². The maximum absolute atomic E-state index is 2.68. The fourth-order valence-electron chi connectivity index (χ4n) is 1.76. The molecule has 0 amide bonds. The van der Waals surface area contributed by atoms with E-state index in [0.717, 1.165) is 0 Å². The molecule has 0 atom stereocenters. The third kappa shape index (κ3) is 16.3. The van der Waals surface area contributed by atoms with Crippen molar-refractivity contribution in [2.45, 2.75) is 64.5 Å². The van der Waals surface area contributed by atoms with Gasteiger partial charge in [-0.15, -0.1) is 0 Å². The highest BCUT2D eigenvalue weighted by Gasteiger charge is 2.19. The van der Waals surface area contributed by atoms with Gasteiger partial charge in [-0.25, -0.2) is 0 Å². The molecule has 102 valence electrons. The standard InChI is InChI=1S/C12H25I3Si2/c1-3-12(2)16-10-8-6-4-5-7-9-11-17(13,14)15/h3H,4-11,16H2,1-2H3. The molecule has 0 aliphatic carbocycles. The predicted molar refractivity (Wildman–Crippen MR) is 113 cm³/mol. The van der Waals surface area contributed by atoms with Crippen molar-refractivity contribution in [1.29, 1.82) is 0 Å². The molecular weight excluding hydrogens is 581 g/mol. The van der Waals surface area contributed by atoms with Crippen LogP contribution in [0.25, 0.3) is 0 Å². The van der Waals surface area contributed by atoms with E-state index in [-0.39, 0.29) is 9.52 Å². The lowest BCUT2D eigenvalue weighted by Crippen LogP contribution is -2.03. The molecule has 0 nitrogen and oxygen atoms in total. The highest BCUT2D eigenvalue weighted by atomic mass is 127. The zero-order chi connectivity index (χ0) is 13.1. The molecular formula is C12H25I3Si2. The van der Waals surface area contributed by atoms with Crippen LogP contribution in [0.15, 0.2) is 11.3 Å². The Morgan fingerprint density at radius 2 is 1.53 bits per heavy atom. The SMILES string of the molecule is CC=C(C)[SiH2]CCCCCCCC[Si](I)(I)I. The van der Waals surface area contributed by atoms with Crippen molar-refractivity contribution >= 4 is 75.5 Å². The second kappa shape index (κ2) is 12.1. The normalized spacial score (nSPS) is 13.8. The summed E-state index contributed by atoms with van der Waals surface area (Å²) in [5, 5.41) is 1.69. The molecule has 5 heteroatoms. The minimum atomic E-state index is -0.846. The van der Waals surface area contributed by atoms with Gasteiger partial charge >= 0.3 is 0 Å². The molecule has 0 heterocycles. The van der Waals surface area contributed by atoms with Crippen LogP contribution in [0, 0.1) is 0 Å². The summed E-state index contributed by atoms with van der Waals surface area (Å²) in [6, 6.07) is 3.02. The molecule has 0 aliphatic heterocycles. The molecule has 0 aromatic carbocycles. The number of halogens is 3. The van der Waals surface area contributed by atoms with Crippen LogP contribution < -0.4 is 0 Å². The van der Waals surface area contributed by atoms with E-state index in [1.807, 2.05) is 0 Å². The summed E-state index contributed by atoms with van der Waals surface area (Å²) in [7, 11) is 0.137. The van der Waals surface area contributed by atoms with E-state index in [1.165, 1.54) is 50.6 Å². The lowest BCUT2D eigenvalue weighted by Gasteiger charge is -2.08. The largest absolute Gasteiger partial charge is 0.253 e. The van der Waals surface area contributed by atoms with Gasteiger partial charge in [0.25, 0.3) is 0.564 Å². The van der Waals surface area contributed by atoms with E-state index in [1.54, 1.807) is 5.20 Å². The molecule has 0 spiro atoms. The molecule has 0 N–H and O–H groups in total. The summed E-state index contributed by atoms with van der Waals surface area (Å²) in [6.07, 6.45) is 11.1. The highest BCUT2D eigenvalue weighted by Crippen LogP contribution is 2.35. The topological polar surface area (TPSA) is 0 Å². The summed E-state index contributed by atoms with van der Waals surface area (Å²) >= 11 is 8.03. The lowest BCUT2D eigenvalue weighted by molar-refractivity contribution is 0.624. The Kier molecular flexibility index (Phi) is 13.8. The fourth-order valence-corrected chi connectivity index (χ4v) is 7.29. The van der Waals surface area contributed by atoms with Crippen LogP contribution in [-0.2, 0) is 0 Å². The first-order chi connectivity index (χ1) is 7.95. The second-order valence-corrected chi connectivity index (χ2v) is 43.9.